The molecule has 1 aromatic carbocycles. The zero-order valence-electron chi connectivity index (χ0n) is 16.3. The van der Waals surface area contributed by atoms with Crippen LogP contribution < -0.4 is 21.2 Å². The minimum absolute atomic E-state index is 0.111. The van der Waals surface area contributed by atoms with Crippen LogP contribution in [0.2, 0.25) is 0 Å². The van der Waals surface area contributed by atoms with Gasteiger partial charge in [0.1, 0.15) is 12.3 Å². The highest BCUT2D eigenvalue weighted by atomic mass is 19.1. The maximum atomic E-state index is 15.2. The Hall–Kier alpha value is -3.09. The van der Waals surface area contributed by atoms with Crippen LogP contribution in [0.15, 0.2) is 35.4 Å². The number of anilines is 2. The number of rotatable bonds is 5. The molecule has 1 fully saturated rings. The van der Waals surface area contributed by atoms with E-state index in [1.165, 1.54) is 0 Å². The number of aryl methyl sites for hydroxylation is 2. The lowest BCUT2D eigenvalue weighted by Crippen LogP contribution is -2.33. The number of nitrogens with one attached hydrogen (secondary N) is 1. The van der Waals surface area contributed by atoms with E-state index in [1.54, 1.807) is 13.1 Å². The zero-order chi connectivity index (χ0) is 20.2. The number of fused-ring (bicyclic) bond motifs is 1. The molecule has 1 aliphatic carbocycles. The Balaban J connectivity index is 1.53. The minimum atomic E-state index is -0.619. The molecule has 0 atom stereocenters. The van der Waals surface area contributed by atoms with Crippen LogP contribution in [-0.2, 0) is 12.0 Å². The minimum Gasteiger partial charge on any atom is -0.487 e. The third-order valence-corrected chi connectivity index (χ3v) is 6.01. The van der Waals surface area contributed by atoms with Crippen molar-refractivity contribution in [2.24, 2.45) is 0 Å². The van der Waals surface area contributed by atoms with E-state index in [1.807, 2.05) is 24.4 Å². The molecule has 0 saturated heterocycles. The van der Waals surface area contributed by atoms with Crippen molar-refractivity contribution in [2.45, 2.75) is 38.1 Å². The molecule has 150 valence electrons. The third kappa shape index (κ3) is 2.75. The summed E-state index contributed by atoms with van der Waals surface area (Å²) in [4.78, 5) is 17.1. The molecule has 7 heteroatoms. The molecule has 0 bridgehead atoms. The Bertz CT molecular complexity index is 1170. The highest BCUT2D eigenvalue weighted by molar-refractivity contribution is 6.00. The van der Waals surface area contributed by atoms with E-state index < -0.39 is 5.82 Å². The summed E-state index contributed by atoms with van der Waals surface area (Å²) in [5, 5.41) is 3.38. The lowest BCUT2D eigenvalue weighted by Gasteiger charge is -2.31. The first-order chi connectivity index (χ1) is 14.0. The van der Waals surface area contributed by atoms with Crippen LogP contribution in [0.5, 0.6) is 5.75 Å². The summed E-state index contributed by atoms with van der Waals surface area (Å²) in [5.74, 6) is -0.231. The van der Waals surface area contributed by atoms with E-state index in [0.29, 0.717) is 30.0 Å². The second-order valence-electron chi connectivity index (χ2n) is 8.03. The second kappa shape index (κ2) is 6.47. The number of hydrogen-bond donors (Lipinski definition) is 2. The fourth-order valence-corrected chi connectivity index (χ4v) is 4.18. The Labute approximate surface area is 167 Å². The highest BCUT2D eigenvalue weighted by Gasteiger charge is 2.49. The van der Waals surface area contributed by atoms with Gasteiger partial charge in [0, 0.05) is 30.2 Å². The van der Waals surface area contributed by atoms with Gasteiger partial charge in [-0.2, -0.15) is 0 Å². The number of nitrogens with zero attached hydrogens (tertiary/aromatic N) is 2. The Morgan fingerprint density at radius 3 is 2.93 bits per heavy atom. The van der Waals surface area contributed by atoms with Gasteiger partial charge in [0.2, 0.25) is 0 Å². The predicted molar refractivity (Wildman–Crippen MR) is 111 cm³/mol. The van der Waals surface area contributed by atoms with Crippen LogP contribution in [0.3, 0.4) is 0 Å². The SMILES string of the molecule is Cc1cn2c3c(c(NCCCc4ccccn4)c(F)c(N)c3c1=O)OCC21CC1. The molecule has 2 aliphatic rings. The molecule has 0 amide bonds. The molecule has 3 N–H and O–H groups in total. The first-order valence-corrected chi connectivity index (χ1v) is 9.96. The molecule has 1 spiro atoms. The van der Waals surface area contributed by atoms with Gasteiger partial charge >= 0.3 is 0 Å². The maximum absolute atomic E-state index is 15.2. The molecule has 6 nitrogen and oxygen atoms in total. The van der Waals surface area contributed by atoms with Gasteiger partial charge in [0.15, 0.2) is 17.0 Å². The maximum Gasteiger partial charge on any atom is 0.194 e. The highest BCUT2D eigenvalue weighted by Crippen LogP contribution is 2.52. The van der Waals surface area contributed by atoms with Crippen molar-refractivity contribution in [3.8, 4) is 5.75 Å². The van der Waals surface area contributed by atoms with E-state index in [-0.39, 0.29) is 27.7 Å². The van der Waals surface area contributed by atoms with Crippen molar-refractivity contribution < 1.29 is 9.13 Å². The number of aromatic nitrogens is 2. The van der Waals surface area contributed by atoms with Crippen molar-refractivity contribution in [1.29, 1.82) is 0 Å². The van der Waals surface area contributed by atoms with Gasteiger partial charge in [-0.25, -0.2) is 4.39 Å². The summed E-state index contributed by atoms with van der Waals surface area (Å²) in [6.45, 7) is 2.76. The van der Waals surface area contributed by atoms with Crippen LogP contribution in [0.4, 0.5) is 15.8 Å². The largest absolute Gasteiger partial charge is 0.487 e. The van der Waals surface area contributed by atoms with Crippen molar-refractivity contribution in [3.63, 3.8) is 0 Å². The first-order valence-electron chi connectivity index (χ1n) is 9.96. The van der Waals surface area contributed by atoms with Gasteiger partial charge in [0.25, 0.3) is 0 Å². The lowest BCUT2D eigenvalue weighted by atomic mass is 10.0. The molecule has 3 aromatic rings. The van der Waals surface area contributed by atoms with Crippen LogP contribution in [0.1, 0.15) is 30.5 Å². The van der Waals surface area contributed by atoms with Crippen LogP contribution in [0.25, 0.3) is 10.9 Å². The van der Waals surface area contributed by atoms with Gasteiger partial charge in [-0.1, -0.05) is 6.07 Å². The number of pyridine rings is 2. The topological polar surface area (TPSA) is 82.2 Å². The van der Waals surface area contributed by atoms with E-state index in [9.17, 15) is 4.79 Å². The van der Waals surface area contributed by atoms with Gasteiger partial charge in [-0.3, -0.25) is 9.78 Å². The van der Waals surface area contributed by atoms with Crippen molar-refractivity contribution >= 4 is 22.3 Å². The van der Waals surface area contributed by atoms with Crippen LogP contribution >= 0.6 is 0 Å². The smallest absolute Gasteiger partial charge is 0.194 e. The lowest BCUT2D eigenvalue weighted by molar-refractivity contribution is 0.221. The van der Waals surface area contributed by atoms with E-state index in [4.69, 9.17) is 10.5 Å². The standard InChI is InChI=1S/C22H23FN4O2/c1-13-11-27-19-15(20(13)28)17(24)16(23)18(21(19)29-12-22(27)7-8-22)26-10-4-6-14-5-2-3-9-25-14/h2-3,5,9,11,26H,4,6-8,10,12,24H2,1H3. The van der Waals surface area contributed by atoms with Gasteiger partial charge < -0.3 is 20.4 Å². The molecule has 3 heterocycles. The summed E-state index contributed by atoms with van der Waals surface area (Å²) in [6, 6.07) is 5.80. The van der Waals surface area contributed by atoms with Gasteiger partial charge in [-0.05, 0) is 44.7 Å². The fourth-order valence-electron chi connectivity index (χ4n) is 4.18. The quantitative estimate of drug-likeness (QED) is 0.512. The molecule has 29 heavy (non-hydrogen) atoms. The molecule has 1 aliphatic heterocycles. The van der Waals surface area contributed by atoms with Gasteiger partial charge in [-0.15, -0.1) is 0 Å². The fraction of sp³-hybridized carbons (Fsp3) is 0.364. The van der Waals surface area contributed by atoms with Crippen LogP contribution in [-0.4, -0.2) is 22.7 Å². The van der Waals surface area contributed by atoms with Crippen molar-refractivity contribution in [3.05, 3.63) is 57.9 Å². The molecule has 2 aromatic heterocycles. The Morgan fingerprint density at radius 1 is 1.38 bits per heavy atom. The molecule has 5 rings (SSSR count). The molecule has 0 radical (unpaired) electrons. The number of ether oxygens (including phenoxy) is 1. The second-order valence-corrected chi connectivity index (χ2v) is 8.03. The van der Waals surface area contributed by atoms with Crippen molar-refractivity contribution in [2.75, 3.05) is 24.2 Å². The molecular formula is C22H23FN4O2. The number of hydrogen-bond acceptors (Lipinski definition) is 5. The van der Waals surface area contributed by atoms with E-state index >= 15 is 4.39 Å². The van der Waals surface area contributed by atoms with Crippen LogP contribution in [0, 0.1) is 12.7 Å². The summed E-state index contributed by atoms with van der Waals surface area (Å²) >= 11 is 0. The average molecular weight is 394 g/mol. The van der Waals surface area contributed by atoms with E-state index in [0.717, 1.165) is 31.4 Å². The van der Waals surface area contributed by atoms with E-state index in [2.05, 4.69) is 14.9 Å². The zero-order valence-corrected chi connectivity index (χ0v) is 16.3. The monoisotopic (exact) mass is 394 g/mol. The average Bonchev–Trinajstić information content (AvgIpc) is 3.50. The summed E-state index contributed by atoms with van der Waals surface area (Å²) in [7, 11) is 0. The predicted octanol–water partition coefficient (Wildman–Crippen LogP) is 3.35. The summed E-state index contributed by atoms with van der Waals surface area (Å²) in [6.07, 6.45) is 7.15. The summed E-state index contributed by atoms with van der Waals surface area (Å²) < 4.78 is 23.3. The number of halogens is 1. The normalized spacial score (nSPS) is 16.1. The van der Waals surface area contributed by atoms with Gasteiger partial charge in [0.05, 0.1) is 22.1 Å². The Morgan fingerprint density at radius 2 is 2.21 bits per heavy atom. The molecule has 0 unspecified atom stereocenters. The molecular weight excluding hydrogens is 371 g/mol. The third-order valence-electron chi connectivity index (χ3n) is 6.01. The summed E-state index contributed by atoms with van der Waals surface area (Å²) in [5.41, 5.74) is 8.04. The number of nitrogens with two attached hydrogens (primary N) is 1. The first kappa shape index (κ1) is 18.0. The van der Waals surface area contributed by atoms with Crippen molar-refractivity contribution in [1.82, 2.24) is 9.55 Å². The Kier molecular flexibility index (Phi) is 4.01. The number of nitrogen functional groups attached to an aromatic ring is 1. The molecule has 1 saturated carbocycles. The number of benzene rings is 1.